The molecule has 0 radical (unpaired) electrons. The molecule has 0 aliphatic rings. The second kappa shape index (κ2) is 8.07. The lowest BCUT2D eigenvalue weighted by Crippen LogP contribution is -2.55. The van der Waals surface area contributed by atoms with Gasteiger partial charge in [-0.25, -0.2) is 4.79 Å². The molecule has 2 amide bonds. The standard InChI is InChI=1S/C10H17N3O7/c1-4(14)8(10(19)20)13-9(18)5(2-7(16)17)12-6(15)3-11/h4-5,8,14H,2-3,11H2,1H3,(H,12,15)(H,13,18)(H,16,17)(H,19,20). The smallest absolute Gasteiger partial charge is 0.328 e. The number of carbonyl (C=O) groups is 4. The van der Waals surface area contributed by atoms with E-state index in [0.717, 1.165) is 6.92 Å². The Hall–Kier alpha value is -2.20. The lowest BCUT2D eigenvalue weighted by molar-refractivity contribution is -0.145. The van der Waals surface area contributed by atoms with Gasteiger partial charge < -0.3 is 31.7 Å². The predicted octanol–water partition coefficient (Wildman–Crippen LogP) is -3.15. The number of hydrogen-bond donors (Lipinski definition) is 6. The van der Waals surface area contributed by atoms with Crippen LogP contribution in [0.2, 0.25) is 0 Å². The van der Waals surface area contributed by atoms with Crippen LogP contribution < -0.4 is 16.4 Å². The molecule has 3 unspecified atom stereocenters. The van der Waals surface area contributed by atoms with Crippen LogP contribution in [0.3, 0.4) is 0 Å². The summed E-state index contributed by atoms with van der Waals surface area (Å²) < 4.78 is 0. The molecule has 0 saturated carbocycles. The number of aliphatic hydroxyl groups is 1. The monoisotopic (exact) mass is 291 g/mol. The Kier molecular flexibility index (Phi) is 7.18. The van der Waals surface area contributed by atoms with Gasteiger partial charge in [-0.3, -0.25) is 14.4 Å². The summed E-state index contributed by atoms with van der Waals surface area (Å²) in [5.74, 6) is -4.67. The van der Waals surface area contributed by atoms with Gasteiger partial charge in [0.05, 0.1) is 19.1 Å². The van der Waals surface area contributed by atoms with Gasteiger partial charge in [-0.2, -0.15) is 0 Å². The van der Waals surface area contributed by atoms with Crippen LogP contribution >= 0.6 is 0 Å². The molecule has 0 saturated heterocycles. The molecule has 0 aromatic carbocycles. The Morgan fingerprint density at radius 1 is 1.15 bits per heavy atom. The van der Waals surface area contributed by atoms with Gasteiger partial charge in [-0.05, 0) is 6.92 Å². The van der Waals surface area contributed by atoms with E-state index in [1.807, 2.05) is 10.6 Å². The number of hydrogen-bond acceptors (Lipinski definition) is 6. The lowest BCUT2D eigenvalue weighted by atomic mass is 10.1. The average Bonchev–Trinajstić information content (AvgIpc) is 2.33. The maximum atomic E-state index is 11.7. The minimum absolute atomic E-state index is 0.456. The first-order valence-electron chi connectivity index (χ1n) is 5.61. The summed E-state index contributed by atoms with van der Waals surface area (Å²) in [6.07, 6.45) is -2.14. The maximum Gasteiger partial charge on any atom is 0.328 e. The summed E-state index contributed by atoms with van der Waals surface area (Å²) >= 11 is 0. The normalized spacial score (nSPS) is 14.8. The molecule has 0 heterocycles. The van der Waals surface area contributed by atoms with E-state index in [4.69, 9.17) is 15.9 Å². The second-order valence-corrected chi connectivity index (χ2v) is 3.99. The first kappa shape index (κ1) is 17.8. The summed E-state index contributed by atoms with van der Waals surface area (Å²) in [5, 5.41) is 30.6. The number of carboxylic acids is 2. The third kappa shape index (κ3) is 6.11. The molecule has 0 bridgehead atoms. The number of carbonyl (C=O) groups excluding carboxylic acids is 2. The molecule has 0 fully saturated rings. The van der Waals surface area contributed by atoms with E-state index in [-0.39, 0.29) is 0 Å². The summed E-state index contributed by atoms with van der Waals surface area (Å²) in [7, 11) is 0. The van der Waals surface area contributed by atoms with E-state index in [9.17, 15) is 24.3 Å². The molecule has 0 aliphatic heterocycles. The minimum Gasteiger partial charge on any atom is -0.481 e. The van der Waals surface area contributed by atoms with Crippen molar-refractivity contribution in [2.24, 2.45) is 5.73 Å². The maximum absolute atomic E-state index is 11.7. The zero-order valence-electron chi connectivity index (χ0n) is 10.7. The van der Waals surface area contributed by atoms with Gasteiger partial charge in [-0.15, -0.1) is 0 Å². The Morgan fingerprint density at radius 2 is 1.70 bits per heavy atom. The summed E-state index contributed by atoms with van der Waals surface area (Å²) in [5.41, 5.74) is 5.02. The van der Waals surface area contributed by atoms with E-state index in [1.165, 1.54) is 0 Å². The lowest BCUT2D eigenvalue weighted by Gasteiger charge is -2.21. The van der Waals surface area contributed by atoms with Crippen LogP contribution in [0.5, 0.6) is 0 Å². The van der Waals surface area contributed by atoms with Gasteiger partial charge in [0.2, 0.25) is 11.8 Å². The topological polar surface area (TPSA) is 179 Å². The molecule has 0 aliphatic carbocycles. The minimum atomic E-state index is -1.62. The van der Waals surface area contributed by atoms with Crippen molar-refractivity contribution in [1.82, 2.24) is 10.6 Å². The number of nitrogens with two attached hydrogens (primary N) is 1. The number of nitrogens with one attached hydrogen (secondary N) is 2. The van der Waals surface area contributed by atoms with Crippen molar-refractivity contribution in [3.8, 4) is 0 Å². The van der Waals surface area contributed by atoms with Gasteiger partial charge in [0, 0.05) is 0 Å². The molecule has 10 heteroatoms. The molecule has 0 rings (SSSR count). The van der Waals surface area contributed by atoms with Crippen LogP contribution in [0.4, 0.5) is 0 Å². The molecular formula is C10H17N3O7. The quantitative estimate of drug-likeness (QED) is 0.271. The van der Waals surface area contributed by atoms with Gasteiger partial charge >= 0.3 is 11.9 Å². The van der Waals surface area contributed by atoms with E-state index >= 15 is 0 Å². The van der Waals surface area contributed by atoms with Crippen LogP contribution in [-0.4, -0.2) is 63.8 Å². The molecule has 10 nitrogen and oxygen atoms in total. The number of aliphatic hydroxyl groups excluding tert-OH is 1. The largest absolute Gasteiger partial charge is 0.481 e. The van der Waals surface area contributed by atoms with Gasteiger partial charge in [-0.1, -0.05) is 0 Å². The Labute approximate surface area is 113 Å². The third-order valence-corrected chi connectivity index (χ3v) is 2.26. The number of amides is 2. The van der Waals surface area contributed by atoms with Crippen molar-refractivity contribution in [1.29, 1.82) is 0 Å². The van der Waals surface area contributed by atoms with Gasteiger partial charge in [0.15, 0.2) is 6.04 Å². The Bertz CT molecular complexity index is 396. The molecule has 7 N–H and O–H groups in total. The van der Waals surface area contributed by atoms with Crippen LogP contribution in [0.15, 0.2) is 0 Å². The van der Waals surface area contributed by atoms with Crippen LogP contribution in [0.1, 0.15) is 13.3 Å². The van der Waals surface area contributed by atoms with E-state index in [1.54, 1.807) is 0 Å². The van der Waals surface area contributed by atoms with E-state index in [0.29, 0.717) is 0 Å². The number of carboxylic acid groups (broad SMARTS) is 2. The first-order valence-corrected chi connectivity index (χ1v) is 5.61. The number of rotatable bonds is 8. The fraction of sp³-hybridized carbons (Fsp3) is 0.600. The Balaban J connectivity index is 4.88. The number of aliphatic carboxylic acids is 2. The highest BCUT2D eigenvalue weighted by atomic mass is 16.4. The molecule has 3 atom stereocenters. The molecule has 0 spiro atoms. The zero-order chi connectivity index (χ0) is 15.9. The molecular weight excluding hydrogens is 274 g/mol. The van der Waals surface area contributed by atoms with Gasteiger partial charge in [0.1, 0.15) is 6.04 Å². The highest BCUT2D eigenvalue weighted by Crippen LogP contribution is 1.98. The molecule has 0 aromatic rings. The van der Waals surface area contributed by atoms with Crippen molar-refractivity contribution in [3.05, 3.63) is 0 Å². The summed E-state index contributed by atoms with van der Waals surface area (Å²) in [4.78, 5) is 44.2. The highest BCUT2D eigenvalue weighted by Gasteiger charge is 2.30. The summed E-state index contributed by atoms with van der Waals surface area (Å²) in [6.45, 7) is 0.686. The van der Waals surface area contributed by atoms with Crippen LogP contribution in [-0.2, 0) is 19.2 Å². The van der Waals surface area contributed by atoms with Crippen molar-refractivity contribution in [2.45, 2.75) is 31.5 Å². The molecule has 20 heavy (non-hydrogen) atoms. The van der Waals surface area contributed by atoms with Gasteiger partial charge in [0.25, 0.3) is 0 Å². The third-order valence-electron chi connectivity index (χ3n) is 2.26. The molecule has 114 valence electrons. The Morgan fingerprint density at radius 3 is 2.05 bits per heavy atom. The fourth-order valence-corrected chi connectivity index (χ4v) is 1.28. The average molecular weight is 291 g/mol. The highest BCUT2D eigenvalue weighted by molar-refractivity contribution is 5.93. The molecule has 0 aromatic heterocycles. The van der Waals surface area contributed by atoms with Crippen molar-refractivity contribution >= 4 is 23.8 Å². The van der Waals surface area contributed by atoms with Crippen molar-refractivity contribution in [3.63, 3.8) is 0 Å². The SMILES string of the molecule is CC(O)C(NC(=O)C(CC(=O)O)NC(=O)CN)C(=O)O. The van der Waals surface area contributed by atoms with E-state index < -0.39 is 54.9 Å². The predicted molar refractivity (Wildman–Crippen MR) is 64.5 cm³/mol. The second-order valence-electron chi connectivity index (χ2n) is 3.99. The van der Waals surface area contributed by atoms with E-state index in [2.05, 4.69) is 0 Å². The van der Waals surface area contributed by atoms with Crippen molar-refractivity contribution in [2.75, 3.05) is 6.54 Å². The summed E-state index contributed by atoms with van der Waals surface area (Å²) in [6, 6.07) is -3.10. The van der Waals surface area contributed by atoms with Crippen LogP contribution in [0, 0.1) is 0 Å². The first-order chi connectivity index (χ1) is 9.18. The zero-order valence-corrected chi connectivity index (χ0v) is 10.7. The van der Waals surface area contributed by atoms with Crippen LogP contribution in [0.25, 0.3) is 0 Å². The fourth-order valence-electron chi connectivity index (χ4n) is 1.28. The van der Waals surface area contributed by atoms with Crippen molar-refractivity contribution < 1.29 is 34.5 Å².